The summed E-state index contributed by atoms with van der Waals surface area (Å²) in [5.74, 6) is -0.824. The van der Waals surface area contributed by atoms with Crippen LogP contribution in [0.4, 0.5) is 4.79 Å². The average Bonchev–Trinajstić information content (AvgIpc) is 3.67. The molecular formula is C35H42ClN3O6S. The van der Waals surface area contributed by atoms with Crippen molar-refractivity contribution in [3.8, 4) is 21.6 Å². The lowest BCUT2D eigenvalue weighted by atomic mass is 9.99. The molecule has 2 aliphatic rings. The molecule has 2 fully saturated rings. The van der Waals surface area contributed by atoms with Crippen LogP contribution in [0.15, 0.2) is 48.0 Å². The molecule has 3 heterocycles. The lowest BCUT2D eigenvalue weighted by Crippen LogP contribution is -2.49. The van der Waals surface area contributed by atoms with Crippen LogP contribution in [0, 0.1) is 5.92 Å². The van der Waals surface area contributed by atoms with E-state index >= 15 is 0 Å². The van der Waals surface area contributed by atoms with Gasteiger partial charge in [0.25, 0.3) is 5.91 Å². The van der Waals surface area contributed by atoms with Gasteiger partial charge in [-0.15, -0.1) is 11.3 Å². The zero-order chi connectivity index (χ0) is 33.2. The van der Waals surface area contributed by atoms with Crippen molar-refractivity contribution in [1.29, 1.82) is 0 Å². The first kappa shape index (κ1) is 33.9. The Hall–Kier alpha value is -3.47. The minimum absolute atomic E-state index is 0.109. The van der Waals surface area contributed by atoms with E-state index in [9.17, 15) is 19.5 Å². The van der Waals surface area contributed by atoms with Gasteiger partial charge in [-0.05, 0) is 86.4 Å². The van der Waals surface area contributed by atoms with Crippen molar-refractivity contribution >= 4 is 40.9 Å². The lowest BCUT2D eigenvalue weighted by Gasteiger charge is -2.33. The zero-order valence-corrected chi connectivity index (χ0v) is 28.5. The SMILES string of the molecule is CC(C)[C@H](NC(=O)OC(C)(C)C)C(=O)OC1CCN(C(=O)c2ccc(-c3cc(-c4ccnc(C5(CO)CC5)c4)cs3)c(Cl)c2)CC1. The lowest BCUT2D eigenvalue weighted by molar-refractivity contribution is -0.154. The second-order valence-electron chi connectivity index (χ2n) is 13.6. The molecule has 11 heteroatoms. The molecule has 1 saturated carbocycles. The second kappa shape index (κ2) is 13.7. The fourth-order valence-electron chi connectivity index (χ4n) is 5.55. The van der Waals surface area contributed by atoms with Gasteiger partial charge in [-0.1, -0.05) is 31.5 Å². The number of thiophene rings is 1. The Morgan fingerprint density at radius 2 is 1.83 bits per heavy atom. The van der Waals surface area contributed by atoms with E-state index in [0.29, 0.717) is 36.5 Å². The van der Waals surface area contributed by atoms with Gasteiger partial charge in [0.1, 0.15) is 17.7 Å². The second-order valence-corrected chi connectivity index (χ2v) is 14.9. The standard InChI is InChI=1S/C35H42ClN3O6S/c1-21(2)30(38-33(43)45-34(3,4)5)32(42)44-25-9-14-39(15-10-25)31(41)23-6-7-26(27(36)16-23)28-17-24(19-46-28)22-8-13-37-29(18-22)35(20-40)11-12-35/h6-8,13,16-19,21,25,30,40H,9-12,14-15,20H2,1-5H3,(H,38,43)/t30-/m0/s1. The molecule has 1 aliphatic heterocycles. The number of nitrogens with zero attached hydrogens (tertiary/aromatic N) is 2. The average molecular weight is 668 g/mol. The van der Waals surface area contributed by atoms with Gasteiger partial charge in [-0.3, -0.25) is 9.78 Å². The maximum atomic E-state index is 13.4. The minimum atomic E-state index is -0.835. The monoisotopic (exact) mass is 667 g/mol. The van der Waals surface area contributed by atoms with Crippen molar-refractivity contribution in [2.45, 2.75) is 83.5 Å². The number of aliphatic hydroxyl groups is 1. The number of esters is 1. The highest BCUT2D eigenvalue weighted by atomic mass is 35.5. The molecule has 1 atom stereocenters. The van der Waals surface area contributed by atoms with Crippen LogP contribution >= 0.6 is 22.9 Å². The van der Waals surface area contributed by atoms with Crippen molar-refractivity contribution < 1.29 is 29.0 Å². The van der Waals surface area contributed by atoms with Crippen LogP contribution in [-0.2, 0) is 19.7 Å². The van der Waals surface area contributed by atoms with Gasteiger partial charge in [0.15, 0.2) is 0 Å². The highest BCUT2D eigenvalue weighted by Crippen LogP contribution is 2.47. The number of piperidine rings is 1. The van der Waals surface area contributed by atoms with E-state index in [1.54, 1.807) is 55.3 Å². The largest absolute Gasteiger partial charge is 0.461 e. The molecule has 3 aromatic rings. The number of amides is 2. The summed E-state index contributed by atoms with van der Waals surface area (Å²) in [5.41, 5.74) is 3.50. The Balaban J connectivity index is 1.17. The quantitative estimate of drug-likeness (QED) is 0.240. The number of alkyl carbamates (subject to hydrolysis) is 1. The fraction of sp³-hybridized carbons (Fsp3) is 0.486. The van der Waals surface area contributed by atoms with Crippen LogP contribution in [0.3, 0.4) is 0 Å². The number of benzene rings is 1. The maximum absolute atomic E-state index is 13.4. The molecule has 0 spiro atoms. The summed E-state index contributed by atoms with van der Waals surface area (Å²) in [6.45, 7) is 9.91. The Morgan fingerprint density at radius 1 is 1.11 bits per heavy atom. The van der Waals surface area contributed by atoms with Crippen LogP contribution in [0.2, 0.25) is 5.02 Å². The number of halogens is 1. The molecular weight excluding hydrogens is 626 g/mol. The summed E-state index contributed by atoms with van der Waals surface area (Å²) in [4.78, 5) is 45.8. The fourth-order valence-corrected chi connectivity index (χ4v) is 6.85. The summed E-state index contributed by atoms with van der Waals surface area (Å²) in [7, 11) is 0. The minimum Gasteiger partial charge on any atom is -0.461 e. The van der Waals surface area contributed by atoms with Crippen molar-refractivity contribution in [3.05, 3.63) is 64.3 Å². The molecule has 46 heavy (non-hydrogen) atoms. The molecule has 0 radical (unpaired) electrons. The van der Waals surface area contributed by atoms with Crippen molar-refractivity contribution in [2.24, 2.45) is 5.92 Å². The third-order valence-electron chi connectivity index (χ3n) is 8.48. The molecule has 246 valence electrons. The third-order valence-corrected chi connectivity index (χ3v) is 9.75. The van der Waals surface area contributed by atoms with Crippen LogP contribution in [0.25, 0.3) is 21.6 Å². The molecule has 0 bridgehead atoms. The normalized spacial score (nSPS) is 17.0. The molecule has 5 rings (SSSR count). The van der Waals surface area contributed by atoms with Gasteiger partial charge in [-0.2, -0.15) is 0 Å². The number of hydrogen-bond donors (Lipinski definition) is 2. The smallest absolute Gasteiger partial charge is 0.408 e. The summed E-state index contributed by atoms with van der Waals surface area (Å²) < 4.78 is 11.0. The van der Waals surface area contributed by atoms with E-state index in [1.165, 1.54) is 0 Å². The molecule has 2 amide bonds. The zero-order valence-electron chi connectivity index (χ0n) is 27.0. The van der Waals surface area contributed by atoms with Crippen LogP contribution < -0.4 is 5.32 Å². The topological polar surface area (TPSA) is 118 Å². The van der Waals surface area contributed by atoms with E-state index < -0.39 is 23.7 Å². The molecule has 1 aromatic carbocycles. The van der Waals surface area contributed by atoms with Crippen molar-refractivity contribution in [3.63, 3.8) is 0 Å². The van der Waals surface area contributed by atoms with E-state index in [-0.39, 0.29) is 30.0 Å². The molecule has 9 nitrogen and oxygen atoms in total. The summed E-state index contributed by atoms with van der Waals surface area (Å²) in [6.07, 6.45) is 3.67. The Bertz CT molecular complexity index is 1590. The summed E-state index contributed by atoms with van der Waals surface area (Å²) in [6, 6.07) is 10.7. The van der Waals surface area contributed by atoms with E-state index in [2.05, 4.69) is 27.8 Å². The number of ether oxygens (including phenoxy) is 2. The number of aliphatic hydroxyl groups excluding tert-OH is 1. The Kier molecular flexibility index (Phi) is 10.1. The number of likely N-dealkylation sites (tertiary alicyclic amines) is 1. The number of hydrogen-bond acceptors (Lipinski definition) is 8. The van der Waals surface area contributed by atoms with E-state index in [4.69, 9.17) is 21.1 Å². The third kappa shape index (κ3) is 7.90. The number of pyridine rings is 1. The van der Waals surface area contributed by atoms with Gasteiger partial charge in [0.2, 0.25) is 0 Å². The maximum Gasteiger partial charge on any atom is 0.408 e. The van der Waals surface area contributed by atoms with Crippen LogP contribution in [0.1, 0.15) is 76.4 Å². The van der Waals surface area contributed by atoms with E-state index in [0.717, 1.165) is 40.1 Å². The number of carbonyl (C=O) groups is 3. The number of carbonyl (C=O) groups excluding carboxylic acids is 3. The number of nitrogens with one attached hydrogen (secondary N) is 1. The van der Waals surface area contributed by atoms with Gasteiger partial charge >= 0.3 is 12.1 Å². The van der Waals surface area contributed by atoms with Crippen molar-refractivity contribution in [2.75, 3.05) is 19.7 Å². The molecule has 0 unspecified atom stereocenters. The first-order valence-corrected chi connectivity index (χ1v) is 17.0. The van der Waals surface area contributed by atoms with Crippen LogP contribution in [-0.4, -0.2) is 70.4 Å². The van der Waals surface area contributed by atoms with Gasteiger partial charge in [-0.25, -0.2) is 9.59 Å². The van der Waals surface area contributed by atoms with Crippen LogP contribution in [0.5, 0.6) is 0 Å². The van der Waals surface area contributed by atoms with Gasteiger partial charge < -0.3 is 24.8 Å². The summed E-state index contributed by atoms with van der Waals surface area (Å²) in [5, 5.41) is 15.0. The molecule has 2 aromatic heterocycles. The Morgan fingerprint density at radius 3 is 2.43 bits per heavy atom. The molecule has 1 aliphatic carbocycles. The first-order valence-electron chi connectivity index (χ1n) is 15.7. The van der Waals surface area contributed by atoms with Crippen molar-refractivity contribution in [1.82, 2.24) is 15.2 Å². The van der Waals surface area contributed by atoms with Gasteiger partial charge in [0, 0.05) is 59.2 Å². The predicted molar refractivity (Wildman–Crippen MR) is 179 cm³/mol. The van der Waals surface area contributed by atoms with Gasteiger partial charge in [0.05, 0.1) is 11.6 Å². The Labute approximate surface area is 279 Å². The summed E-state index contributed by atoms with van der Waals surface area (Å²) >= 11 is 8.30. The molecule has 1 saturated heterocycles. The highest BCUT2D eigenvalue weighted by molar-refractivity contribution is 7.14. The number of rotatable bonds is 9. The van der Waals surface area contributed by atoms with E-state index in [1.807, 2.05) is 26.0 Å². The number of aromatic nitrogens is 1. The first-order chi connectivity index (χ1) is 21.8. The predicted octanol–water partition coefficient (Wildman–Crippen LogP) is 6.85. The highest BCUT2D eigenvalue weighted by Gasteiger charge is 2.45. The molecule has 2 N–H and O–H groups in total.